The van der Waals surface area contributed by atoms with Gasteiger partial charge in [0.1, 0.15) is 16.7 Å². The van der Waals surface area contributed by atoms with Crippen LogP contribution in [0.4, 0.5) is 0 Å². The second-order valence-electron chi connectivity index (χ2n) is 5.07. The molecule has 1 fully saturated rings. The lowest BCUT2D eigenvalue weighted by Gasteiger charge is -2.11. The minimum atomic E-state index is -0.203. The van der Waals surface area contributed by atoms with Gasteiger partial charge in [0, 0.05) is 10.0 Å². The van der Waals surface area contributed by atoms with E-state index in [9.17, 15) is 4.79 Å². The molecule has 1 amide bonds. The third kappa shape index (κ3) is 4.77. The van der Waals surface area contributed by atoms with Crippen LogP contribution in [0.5, 0.6) is 5.75 Å². The Balaban J connectivity index is 1.84. The molecule has 2 aromatic carbocycles. The van der Waals surface area contributed by atoms with Crippen molar-refractivity contribution in [1.82, 2.24) is 5.32 Å². The molecular formula is C17H10BrCl2NO2S2. The normalized spacial score (nSPS) is 15.6. The zero-order valence-electron chi connectivity index (χ0n) is 12.5. The lowest BCUT2D eigenvalue weighted by Crippen LogP contribution is -2.17. The summed E-state index contributed by atoms with van der Waals surface area (Å²) < 4.78 is 7.23. The van der Waals surface area contributed by atoms with E-state index in [1.165, 1.54) is 11.8 Å². The number of nitrogens with one attached hydrogen (secondary N) is 1. The molecule has 1 saturated heterocycles. The fraction of sp³-hybridized carbons (Fsp3) is 0.0588. The van der Waals surface area contributed by atoms with Gasteiger partial charge in [-0.15, -0.1) is 0 Å². The van der Waals surface area contributed by atoms with E-state index >= 15 is 0 Å². The molecule has 1 aliphatic rings. The van der Waals surface area contributed by atoms with Crippen molar-refractivity contribution in [3.05, 3.63) is 66.9 Å². The van der Waals surface area contributed by atoms with Crippen LogP contribution >= 0.6 is 63.1 Å². The minimum Gasteiger partial charge on any atom is -0.488 e. The summed E-state index contributed by atoms with van der Waals surface area (Å²) >= 11 is 21.6. The molecule has 3 rings (SSSR count). The summed E-state index contributed by atoms with van der Waals surface area (Å²) in [6.07, 6.45) is 1.76. The van der Waals surface area contributed by atoms with Gasteiger partial charge in [-0.3, -0.25) is 4.79 Å². The summed E-state index contributed by atoms with van der Waals surface area (Å²) in [5.74, 6) is 0.443. The number of ether oxygens (including phenoxy) is 1. The van der Waals surface area contributed by atoms with Gasteiger partial charge in [-0.05, 0) is 42.0 Å². The number of thiocarbonyl (C=S) groups is 1. The molecule has 0 aromatic heterocycles. The van der Waals surface area contributed by atoms with Gasteiger partial charge >= 0.3 is 0 Å². The van der Waals surface area contributed by atoms with Crippen LogP contribution in [-0.4, -0.2) is 10.2 Å². The Hall–Kier alpha value is -1.05. The third-order valence-corrected chi connectivity index (χ3v) is 5.67. The van der Waals surface area contributed by atoms with Crippen LogP contribution in [0, 0.1) is 0 Å². The van der Waals surface area contributed by atoms with E-state index < -0.39 is 0 Å². The summed E-state index contributed by atoms with van der Waals surface area (Å²) in [5, 5.41) is 3.58. The maximum atomic E-state index is 11.9. The summed E-state index contributed by atoms with van der Waals surface area (Å²) in [7, 11) is 0. The van der Waals surface area contributed by atoms with Crippen molar-refractivity contribution in [2.24, 2.45) is 0 Å². The molecule has 1 aliphatic heterocycles. The van der Waals surface area contributed by atoms with Crippen molar-refractivity contribution in [3.63, 3.8) is 0 Å². The van der Waals surface area contributed by atoms with Crippen molar-refractivity contribution in [2.75, 3.05) is 0 Å². The first-order chi connectivity index (χ1) is 11.9. The highest BCUT2D eigenvalue weighted by Crippen LogP contribution is 2.32. The number of halogens is 3. The number of rotatable bonds is 4. The second kappa shape index (κ2) is 8.10. The zero-order chi connectivity index (χ0) is 18.0. The standard InChI is InChI=1S/C17H10BrCl2NO2S2/c18-11-2-4-14(23-8-9-1-3-12(19)13(20)5-9)10(6-11)7-15-16(22)21-17(24)25-15/h1-7H,8H2,(H,21,22,24)/b15-7-. The fourth-order valence-electron chi connectivity index (χ4n) is 2.12. The number of carbonyl (C=O) groups excluding carboxylic acids is 1. The molecule has 0 spiro atoms. The first-order valence-corrected chi connectivity index (χ1v) is 9.81. The van der Waals surface area contributed by atoms with E-state index in [0.29, 0.717) is 31.6 Å². The molecule has 0 radical (unpaired) electrons. The maximum Gasteiger partial charge on any atom is 0.263 e. The van der Waals surface area contributed by atoms with Crippen LogP contribution < -0.4 is 10.1 Å². The Morgan fingerprint density at radius 2 is 2.00 bits per heavy atom. The summed E-state index contributed by atoms with van der Waals surface area (Å²) in [6.45, 7) is 0.326. The SMILES string of the molecule is O=C1NC(=S)S/C1=C\c1cc(Br)ccc1OCc1ccc(Cl)c(Cl)c1. The lowest BCUT2D eigenvalue weighted by molar-refractivity contribution is -0.115. The monoisotopic (exact) mass is 473 g/mol. The third-order valence-electron chi connectivity index (χ3n) is 3.28. The van der Waals surface area contributed by atoms with Crippen LogP contribution in [0.25, 0.3) is 6.08 Å². The average molecular weight is 475 g/mol. The quantitative estimate of drug-likeness (QED) is 0.447. The van der Waals surface area contributed by atoms with Crippen LogP contribution in [0.3, 0.4) is 0 Å². The lowest BCUT2D eigenvalue weighted by atomic mass is 10.2. The van der Waals surface area contributed by atoms with Gasteiger partial charge in [0.15, 0.2) is 0 Å². The summed E-state index contributed by atoms with van der Waals surface area (Å²) in [4.78, 5) is 12.4. The Labute approximate surface area is 172 Å². The van der Waals surface area contributed by atoms with Gasteiger partial charge in [-0.2, -0.15) is 0 Å². The van der Waals surface area contributed by atoms with Gasteiger partial charge in [-0.1, -0.05) is 69.2 Å². The van der Waals surface area contributed by atoms with E-state index in [1.807, 2.05) is 24.3 Å². The van der Waals surface area contributed by atoms with Crippen LogP contribution in [0.15, 0.2) is 45.8 Å². The molecule has 0 unspecified atom stereocenters. The predicted molar refractivity (Wildman–Crippen MR) is 111 cm³/mol. The highest BCUT2D eigenvalue weighted by atomic mass is 79.9. The number of hydrogen-bond acceptors (Lipinski definition) is 4. The molecule has 0 saturated carbocycles. The molecule has 1 heterocycles. The first kappa shape index (κ1) is 18.7. The number of amides is 1. The van der Waals surface area contributed by atoms with Crippen molar-refractivity contribution in [1.29, 1.82) is 0 Å². The minimum absolute atomic E-state index is 0.203. The first-order valence-electron chi connectivity index (χ1n) is 7.03. The van der Waals surface area contributed by atoms with Crippen LogP contribution in [-0.2, 0) is 11.4 Å². The largest absolute Gasteiger partial charge is 0.488 e. The van der Waals surface area contributed by atoms with Crippen LogP contribution in [0.2, 0.25) is 10.0 Å². The molecule has 1 N–H and O–H groups in total. The molecule has 8 heteroatoms. The smallest absolute Gasteiger partial charge is 0.263 e. The molecule has 0 aliphatic carbocycles. The van der Waals surface area contributed by atoms with Crippen molar-refractivity contribution >= 4 is 79.4 Å². The van der Waals surface area contributed by atoms with Gasteiger partial charge in [-0.25, -0.2) is 0 Å². The topological polar surface area (TPSA) is 38.3 Å². The maximum absolute atomic E-state index is 11.9. The number of hydrogen-bond donors (Lipinski definition) is 1. The fourth-order valence-corrected chi connectivity index (χ4v) is 3.85. The van der Waals surface area contributed by atoms with Crippen molar-refractivity contribution in [3.8, 4) is 5.75 Å². The summed E-state index contributed by atoms with van der Waals surface area (Å²) in [6, 6.07) is 10.9. The average Bonchev–Trinajstić information content (AvgIpc) is 2.87. The molecule has 3 nitrogen and oxygen atoms in total. The number of carbonyl (C=O) groups is 1. The summed E-state index contributed by atoms with van der Waals surface area (Å²) in [5.41, 5.74) is 1.67. The molecular weight excluding hydrogens is 465 g/mol. The molecule has 0 bridgehead atoms. The Morgan fingerprint density at radius 3 is 2.68 bits per heavy atom. The second-order valence-corrected chi connectivity index (χ2v) is 8.52. The van der Waals surface area contributed by atoms with E-state index in [2.05, 4.69) is 21.2 Å². The van der Waals surface area contributed by atoms with Gasteiger partial charge in [0.05, 0.1) is 15.0 Å². The van der Waals surface area contributed by atoms with Gasteiger partial charge in [0.25, 0.3) is 5.91 Å². The van der Waals surface area contributed by atoms with E-state index in [1.54, 1.807) is 18.2 Å². The predicted octanol–water partition coefficient (Wildman–Crippen LogP) is 5.82. The number of thioether (sulfide) groups is 1. The Bertz CT molecular complexity index is 902. The Morgan fingerprint density at radius 1 is 1.20 bits per heavy atom. The van der Waals surface area contributed by atoms with Gasteiger partial charge < -0.3 is 10.1 Å². The van der Waals surface area contributed by atoms with E-state index in [0.717, 1.165) is 15.6 Å². The molecule has 128 valence electrons. The van der Waals surface area contributed by atoms with E-state index in [4.69, 9.17) is 40.2 Å². The zero-order valence-corrected chi connectivity index (χ0v) is 17.2. The Kier molecular flexibility index (Phi) is 6.07. The highest BCUT2D eigenvalue weighted by molar-refractivity contribution is 9.10. The van der Waals surface area contributed by atoms with Crippen molar-refractivity contribution in [2.45, 2.75) is 6.61 Å². The number of benzene rings is 2. The van der Waals surface area contributed by atoms with Gasteiger partial charge in [0.2, 0.25) is 0 Å². The molecule has 2 aromatic rings. The molecule has 25 heavy (non-hydrogen) atoms. The molecule has 0 atom stereocenters. The van der Waals surface area contributed by atoms with Crippen LogP contribution in [0.1, 0.15) is 11.1 Å². The van der Waals surface area contributed by atoms with Crippen molar-refractivity contribution < 1.29 is 9.53 Å². The van der Waals surface area contributed by atoms with E-state index in [-0.39, 0.29) is 5.91 Å². The highest BCUT2D eigenvalue weighted by Gasteiger charge is 2.22.